The van der Waals surface area contributed by atoms with Crippen LogP contribution in [0.3, 0.4) is 0 Å². The van der Waals surface area contributed by atoms with E-state index in [9.17, 15) is 4.79 Å². The molecule has 0 spiro atoms. The molecule has 0 aliphatic rings. The van der Waals surface area contributed by atoms with E-state index < -0.39 is 5.97 Å². The first-order valence-electron chi connectivity index (χ1n) is 6.92. The van der Waals surface area contributed by atoms with Crippen LogP contribution in [0.2, 0.25) is 15.1 Å². The van der Waals surface area contributed by atoms with Gasteiger partial charge in [0.2, 0.25) is 0 Å². The number of hydrogen-bond acceptors (Lipinski definition) is 2. The number of carboxylic acids is 1. The number of H-pyrrole nitrogens is 1. The lowest BCUT2D eigenvalue weighted by atomic mass is 10.00. The fourth-order valence-corrected chi connectivity index (χ4v) is 3.02. The molecule has 1 heterocycles. The van der Waals surface area contributed by atoms with Crippen LogP contribution in [0.5, 0.6) is 0 Å². The summed E-state index contributed by atoms with van der Waals surface area (Å²) in [6, 6.07) is 10.7. The quantitative estimate of drug-likeness (QED) is 0.610. The molecule has 3 aromatic rings. The van der Waals surface area contributed by atoms with Crippen molar-refractivity contribution in [3.05, 3.63) is 62.7 Å². The normalized spacial score (nSPS) is 10.8. The Balaban J connectivity index is 2.17. The van der Waals surface area contributed by atoms with E-state index in [1.807, 2.05) is 18.2 Å². The van der Waals surface area contributed by atoms with Crippen LogP contribution in [-0.4, -0.2) is 21.3 Å². The summed E-state index contributed by atoms with van der Waals surface area (Å²) in [6.07, 6.45) is 0. The molecule has 0 unspecified atom stereocenters. The molecule has 122 valence electrons. The first kappa shape index (κ1) is 16.8. The monoisotopic (exact) mass is 380 g/mol. The Morgan fingerprint density at radius 1 is 1.08 bits per heavy atom. The minimum absolute atomic E-state index is 0.0455. The number of aromatic carboxylic acids is 1. The summed E-state index contributed by atoms with van der Waals surface area (Å²) < 4.78 is 0. The fourth-order valence-electron chi connectivity index (χ4n) is 2.45. The van der Waals surface area contributed by atoms with Crippen molar-refractivity contribution in [3.63, 3.8) is 0 Å². The molecule has 0 fully saturated rings. The van der Waals surface area contributed by atoms with Gasteiger partial charge in [0.1, 0.15) is 5.69 Å². The maximum absolute atomic E-state index is 11.2. The van der Waals surface area contributed by atoms with Gasteiger partial charge in [0.15, 0.2) is 0 Å². The van der Waals surface area contributed by atoms with Crippen LogP contribution < -0.4 is 0 Å². The lowest BCUT2D eigenvalue weighted by Crippen LogP contribution is -1.98. The van der Waals surface area contributed by atoms with E-state index >= 15 is 0 Å². The average Bonchev–Trinajstić information content (AvgIpc) is 2.93. The second-order valence-corrected chi connectivity index (χ2v) is 6.43. The van der Waals surface area contributed by atoms with Gasteiger partial charge in [-0.3, -0.25) is 5.10 Å². The minimum atomic E-state index is -1.07. The first-order chi connectivity index (χ1) is 11.4. The number of carboxylic acid groups (broad SMARTS) is 1. The summed E-state index contributed by atoms with van der Waals surface area (Å²) in [5, 5.41) is 17.2. The molecule has 1 aromatic heterocycles. The van der Waals surface area contributed by atoms with Crippen molar-refractivity contribution in [1.29, 1.82) is 0 Å². The van der Waals surface area contributed by atoms with Gasteiger partial charge in [0.25, 0.3) is 0 Å². The Kier molecular flexibility index (Phi) is 4.54. The average molecular weight is 382 g/mol. The van der Waals surface area contributed by atoms with Crippen LogP contribution in [0.25, 0.3) is 22.4 Å². The van der Waals surface area contributed by atoms with Crippen LogP contribution in [0.15, 0.2) is 36.4 Å². The second-order valence-electron chi connectivity index (χ2n) is 5.20. The Hall–Kier alpha value is -2.01. The maximum atomic E-state index is 11.2. The smallest absolute Gasteiger partial charge is 0.354 e. The van der Waals surface area contributed by atoms with E-state index in [2.05, 4.69) is 10.2 Å². The molecular formula is C17H11Cl3N2O2. The summed E-state index contributed by atoms with van der Waals surface area (Å²) in [4.78, 5) is 11.2. The number of nitrogens with zero attached hydrogens (tertiary/aromatic N) is 1. The number of aromatic nitrogens is 2. The van der Waals surface area contributed by atoms with Crippen LogP contribution in [0, 0.1) is 6.92 Å². The molecule has 3 rings (SSSR count). The minimum Gasteiger partial charge on any atom is -0.477 e. The van der Waals surface area contributed by atoms with Crippen LogP contribution in [0.4, 0.5) is 0 Å². The molecule has 0 aliphatic carbocycles. The molecule has 0 atom stereocenters. The molecule has 0 amide bonds. The van der Waals surface area contributed by atoms with Gasteiger partial charge in [-0.15, -0.1) is 0 Å². The second kappa shape index (κ2) is 6.48. The van der Waals surface area contributed by atoms with Crippen molar-refractivity contribution < 1.29 is 9.90 Å². The van der Waals surface area contributed by atoms with Gasteiger partial charge in [-0.05, 0) is 36.8 Å². The highest BCUT2D eigenvalue weighted by Gasteiger charge is 2.18. The summed E-state index contributed by atoms with van der Waals surface area (Å²) in [7, 11) is 0. The van der Waals surface area contributed by atoms with Crippen molar-refractivity contribution in [3.8, 4) is 22.4 Å². The zero-order valence-corrected chi connectivity index (χ0v) is 14.7. The van der Waals surface area contributed by atoms with E-state index in [1.54, 1.807) is 25.1 Å². The lowest BCUT2D eigenvalue weighted by Gasteiger charge is -2.10. The topological polar surface area (TPSA) is 66.0 Å². The standard InChI is InChI=1S/C17H11Cl3N2O2/c1-8-15(21-22-16(8)17(23)24)10-6-12(14(20)13(19)7-10)9-2-4-11(18)5-3-9/h2-7H,1H3,(H,21,22)(H,23,24). The highest BCUT2D eigenvalue weighted by molar-refractivity contribution is 6.44. The molecule has 2 aromatic carbocycles. The lowest BCUT2D eigenvalue weighted by molar-refractivity contribution is 0.0689. The Labute approximate surface area is 153 Å². The Morgan fingerprint density at radius 3 is 2.33 bits per heavy atom. The SMILES string of the molecule is Cc1c(-c2cc(Cl)c(Cl)c(-c3ccc(Cl)cc3)c2)n[nH]c1C(=O)O. The summed E-state index contributed by atoms with van der Waals surface area (Å²) in [5.74, 6) is -1.07. The third-order valence-electron chi connectivity index (χ3n) is 3.68. The van der Waals surface area contributed by atoms with Crippen molar-refractivity contribution in [1.82, 2.24) is 10.2 Å². The first-order valence-corrected chi connectivity index (χ1v) is 8.05. The van der Waals surface area contributed by atoms with E-state index in [-0.39, 0.29) is 5.69 Å². The Morgan fingerprint density at radius 2 is 1.75 bits per heavy atom. The molecule has 24 heavy (non-hydrogen) atoms. The van der Waals surface area contributed by atoms with Crippen molar-refractivity contribution in [2.75, 3.05) is 0 Å². The maximum Gasteiger partial charge on any atom is 0.354 e. The van der Waals surface area contributed by atoms with Crippen molar-refractivity contribution >= 4 is 40.8 Å². The molecule has 7 heteroatoms. The number of rotatable bonds is 3. The third kappa shape index (κ3) is 3.00. The highest BCUT2D eigenvalue weighted by atomic mass is 35.5. The third-order valence-corrected chi connectivity index (χ3v) is 4.73. The van der Waals surface area contributed by atoms with Crippen LogP contribution in [0.1, 0.15) is 16.1 Å². The largest absolute Gasteiger partial charge is 0.477 e. The van der Waals surface area contributed by atoms with E-state index in [0.29, 0.717) is 31.9 Å². The number of hydrogen-bond donors (Lipinski definition) is 2. The molecule has 4 nitrogen and oxygen atoms in total. The molecular weight excluding hydrogens is 371 g/mol. The molecule has 2 N–H and O–H groups in total. The molecule has 0 aliphatic heterocycles. The number of nitrogens with one attached hydrogen (secondary N) is 1. The molecule has 0 saturated carbocycles. The number of aromatic amines is 1. The zero-order valence-electron chi connectivity index (χ0n) is 12.4. The summed E-state index contributed by atoms with van der Waals surface area (Å²) in [5.41, 5.74) is 3.33. The number of halogens is 3. The predicted molar refractivity (Wildman–Crippen MR) is 96.2 cm³/mol. The van der Waals surface area contributed by atoms with Crippen molar-refractivity contribution in [2.24, 2.45) is 0 Å². The molecule has 0 saturated heterocycles. The number of benzene rings is 2. The van der Waals surface area contributed by atoms with Gasteiger partial charge in [0.05, 0.1) is 15.7 Å². The predicted octanol–water partition coefficient (Wildman–Crippen LogP) is 5.71. The van der Waals surface area contributed by atoms with Gasteiger partial charge in [0, 0.05) is 21.7 Å². The van der Waals surface area contributed by atoms with Gasteiger partial charge in [-0.25, -0.2) is 4.79 Å². The molecule has 0 bridgehead atoms. The Bertz CT molecular complexity index is 934. The van der Waals surface area contributed by atoms with Crippen LogP contribution >= 0.6 is 34.8 Å². The van der Waals surface area contributed by atoms with Gasteiger partial charge < -0.3 is 5.11 Å². The fraction of sp³-hybridized carbons (Fsp3) is 0.0588. The van der Waals surface area contributed by atoms with E-state index in [0.717, 1.165) is 11.1 Å². The number of carbonyl (C=O) groups is 1. The molecule has 0 radical (unpaired) electrons. The summed E-state index contributed by atoms with van der Waals surface area (Å²) >= 11 is 18.5. The van der Waals surface area contributed by atoms with E-state index in [1.165, 1.54) is 0 Å². The van der Waals surface area contributed by atoms with E-state index in [4.69, 9.17) is 39.9 Å². The summed E-state index contributed by atoms with van der Waals surface area (Å²) in [6.45, 7) is 1.69. The highest BCUT2D eigenvalue weighted by Crippen LogP contribution is 2.38. The van der Waals surface area contributed by atoms with Gasteiger partial charge in [-0.2, -0.15) is 5.10 Å². The van der Waals surface area contributed by atoms with Gasteiger partial charge in [-0.1, -0.05) is 46.9 Å². The van der Waals surface area contributed by atoms with Gasteiger partial charge >= 0.3 is 5.97 Å². The van der Waals surface area contributed by atoms with Crippen LogP contribution in [-0.2, 0) is 0 Å². The zero-order chi connectivity index (χ0) is 17.4. The van der Waals surface area contributed by atoms with Crippen molar-refractivity contribution in [2.45, 2.75) is 6.92 Å².